The molecule has 1 atom stereocenters. The average molecular weight is 303 g/mol. The van der Waals surface area contributed by atoms with Crippen LogP contribution in [0, 0.1) is 11.8 Å². The summed E-state index contributed by atoms with van der Waals surface area (Å²) in [5.41, 5.74) is 1.11. The SMILES string of the molecule is CCCNC(Cc1ccoc1)C1CCC(C(F)(F)F)CC1. The minimum atomic E-state index is -4.03. The van der Waals surface area contributed by atoms with Crippen molar-refractivity contribution in [1.82, 2.24) is 5.32 Å². The van der Waals surface area contributed by atoms with Crippen molar-refractivity contribution in [2.24, 2.45) is 11.8 Å². The fourth-order valence-corrected chi connectivity index (χ4v) is 3.25. The Morgan fingerprint density at radius 2 is 2.00 bits per heavy atom. The molecule has 2 nitrogen and oxygen atoms in total. The van der Waals surface area contributed by atoms with Gasteiger partial charge in [0.05, 0.1) is 18.4 Å². The molecule has 1 aliphatic carbocycles. The Kier molecular flexibility index (Phi) is 5.73. The van der Waals surface area contributed by atoms with Crippen molar-refractivity contribution in [1.29, 1.82) is 0 Å². The van der Waals surface area contributed by atoms with Crippen molar-refractivity contribution in [2.75, 3.05) is 6.54 Å². The van der Waals surface area contributed by atoms with Crippen molar-refractivity contribution in [2.45, 2.75) is 57.7 Å². The van der Waals surface area contributed by atoms with Gasteiger partial charge in [0, 0.05) is 6.04 Å². The van der Waals surface area contributed by atoms with Gasteiger partial charge in [0.1, 0.15) is 0 Å². The number of halogens is 3. The van der Waals surface area contributed by atoms with Crippen molar-refractivity contribution >= 4 is 0 Å². The molecule has 1 N–H and O–H groups in total. The summed E-state index contributed by atoms with van der Waals surface area (Å²) < 4.78 is 43.3. The Hall–Kier alpha value is -0.970. The third-order valence-corrected chi connectivity index (χ3v) is 4.50. The second-order valence-electron chi connectivity index (χ2n) is 6.05. The van der Waals surface area contributed by atoms with Gasteiger partial charge in [-0.25, -0.2) is 0 Å². The molecule has 0 bridgehead atoms. The molecule has 0 radical (unpaired) electrons. The summed E-state index contributed by atoms with van der Waals surface area (Å²) in [6.45, 7) is 3.00. The first-order chi connectivity index (χ1) is 10.0. The van der Waals surface area contributed by atoms with E-state index in [0.29, 0.717) is 18.8 Å². The Bertz CT molecular complexity index is 394. The molecule has 1 fully saturated rings. The minimum absolute atomic E-state index is 0.247. The molecule has 5 heteroatoms. The number of hydrogen-bond acceptors (Lipinski definition) is 2. The van der Waals surface area contributed by atoms with Gasteiger partial charge < -0.3 is 9.73 Å². The average Bonchev–Trinajstić information content (AvgIpc) is 2.95. The Morgan fingerprint density at radius 1 is 1.29 bits per heavy atom. The number of rotatable bonds is 6. The van der Waals surface area contributed by atoms with Gasteiger partial charge in [-0.3, -0.25) is 0 Å². The fraction of sp³-hybridized carbons (Fsp3) is 0.750. The van der Waals surface area contributed by atoms with Gasteiger partial charge >= 0.3 is 6.18 Å². The molecule has 1 aliphatic rings. The zero-order valence-corrected chi connectivity index (χ0v) is 12.5. The van der Waals surface area contributed by atoms with Crippen LogP contribution in [0.25, 0.3) is 0 Å². The van der Waals surface area contributed by atoms with E-state index in [-0.39, 0.29) is 18.9 Å². The second kappa shape index (κ2) is 7.34. The normalized spacial score (nSPS) is 25.0. The summed E-state index contributed by atoms with van der Waals surface area (Å²) in [5.74, 6) is -0.778. The topological polar surface area (TPSA) is 25.2 Å². The smallest absolute Gasteiger partial charge is 0.391 e. The highest BCUT2D eigenvalue weighted by molar-refractivity contribution is 5.08. The van der Waals surface area contributed by atoms with Crippen molar-refractivity contribution in [3.8, 4) is 0 Å². The summed E-state index contributed by atoms with van der Waals surface area (Å²) in [4.78, 5) is 0. The lowest BCUT2D eigenvalue weighted by Crippen LogP contribution is -2.41. The first-order valence-electron chi connectivity index (χ1n) is 7.82. The van der Waals surface area contributed by atoms with E-state index in [1.807, 2.05) is 6.07 Å². The van der Waals surface area contributed by atoms with Crippen LogP contribution in [0.3, 0.4) is 0 Å². The second-order valence-corrected chi connectivity index (χ2v) is 6.05. The van der Waals surface area contributed by atoms with Crippen LogP contribution < -0.4 is 5.32 Å². The lowest BCUT2D eigenvalue weighted by molar-refractivity contribution is -0.184. The molecule has 0 saturated heterocycles. The molecule has 0 aromatic carbocycles. The third kappa shape index (κ3) is 4.77. The molecule has 2 rings (SSSR count). The molecule has 1 aromatic rings. The molecule has 0 spiro atoms. The number of furan rings is 1. The van der Waals surface area contributed by atoms with Crippen molar-refractivity contribution in [3.05, 3.63) is 24.2 Å². The van der Waals surface area contributed by atoms with Gasteiger partial charge in [-0.1, -0.05) is 6.92 Å². The van der Waals surface area contributed by atoms with E-state index >= 15 is 0 Å². The van der Waals surface area contributed by atoms with E-state index in [1.54, 1.807) is 12.5 Å². The molecule has 1 unspecified atom stereocenters. The van der Waals surface area contributed by atoms with Gasteiger partial charge in [0.2, 0.25) is 0 Å². The van der Waals surface area contributed by atoms with Crippen LogP contribution in [0.4, 0.5) is 13.2 Å². The first kappa shape index (κ1) is 16.4. The predicted octanol–water partition coefficient (Wildman–Crippen LogP) is 4.56. The van der Waals surface area contributed by atoms with E-state index < -0.39 is 12.1 Å². The lowest BCUT2D eigenvalue weighted by Gasteiger charge is -2.35. The van der Waals surface area contributed by atoms with E-state index in [2.05, 4.69) is 12.2 Å². The van der Waals surface area contributed by atoms with Crippen LogP contribution in [0.2, 0.25) is 0 Å². The molecule has 0 amide bonds. The summed E-state index contributed by atoms with van der Waals surface area (Å²) in [6.07, 6.45) is 3.05. The summed E-state index contributed by atoms with van der Waals surface area (Å²) >= 11 is 0. The molecular formula is C16H24F3NO. The van der Waals surface area contributed by atoms with E-state index in [9.17, 15) is 13.2 Å². The van der Waals surface area contributed by atoms with Gasteiger partial charge in [0.15, 0.2) is 0 Å². The van der Waals surface area contributed by atoms with Crippen LogP contribution in [-0.4, -0.2) is 18.8 Å². The molecule has 1 aromatic heterocycles. The first-order valence-corrected chi connectivity index (χ1v) is 7.82. The number of nitrogens with one attached hydrogen (secondary N) is 1. The molecule has 1 heterocycles. The molecule has 120 valence electrons. The Morgan fingerprint density at radius 3 is 2.52 bits per heavy atom. The highest BCUT2D eigenvalue weighted by Gasteiger charge is 2.42. The zero-order chi connectivity index (χ0) is 15.3. The van der Waals surface area contributed by atoms with Crippen molar-refractivity contribution < 1.29 is 17.6 Å². The molecular weight excluding hydrogens is 279 g/mol. The zero-order valence-electron chi connectivity index (χ0n) is 12.5. The highest BCUT2D eigenvalue weighted by Crippen LogP contribution is 2.40. The third-order valence-electron chi connectivity index (χ3n) is 4.50. The number of alkyl halides is 3. The van der Waals surface area contributed by atoms with E-state index in [4.69, 9.17) is 4.42 Å². The van der Waals surface area contributed by atoms with Crippen LogP contribution in [0.1, 0.15) is 44.6 Å². The van der Waals surface area contributed by atoms with E-state index in [0.717, 1.165) is 24.9 Å². The van der Waals surface area contributed by atoms with Crippen molar-refractivity contribution in [3.63, 3.8) is 0 Å². The monoisotopic (exact) mass is 303 g/mol. The summed E-state index contributed by atoms with van der Waals surface area (Å²) in [5, 5.41) is 3.51. The highest BCUT2D eigenvalue weighted by atomic mass is 19.4. The standard InChI is InChI=1S/C16H24F3NO/c1-2-8-20-15(10-12-7-9-21-11-12)13-3-5-14(6-4-13)16(17,18)19/h7,9,11,13-15,20H,2-6,8,10H2,1H3. The predicted molar refractivity (Wildman–Crippen MR) is 76.0 cm³/mol. The maximum atomic E-state index is 12.7. The fourth-order valence-electron chi connectivity index (χ4n) is 3.25. The number of hydrogen-bond donors (Lipinski definition) is 1. The Balaban J connectivity index is 1.92. The maximum Gasteiger partial charge on any atom is 0.391 e. The minimum Gasteiger partial charge on any atom is -0.472 e. The van der Waals surface area contributed by atoms with Crippen LogP contribution >= 0.6 is 0 Å². The summed E-state index contributed by atoms with van der Waals surface area (Å²) in [7, 11) is 0. The van der Waals surface area contributed by atoms with Crippen LogP contribution in [0.5, 0.6) is 0 Å². The quantitative estimate of drug-likeness (QED) is 0.833. The van der Waals surface area contributed by atoms with Crippen LogP contribution in [-0.2, 0) is 6.42 Å². The van der Waals surface area contributed by atoms with Gasteiger partial charge in [0.25, 0.3) is 0 Å². The summed E-state index contributed by atoms with van der Waals surface area (Å²) in [6, 6.07) is 2.18. The molecule has 21 heavy (non-hydrogen) atoms. The van der Waals surface area contributed by atoms with Gasteiger partial charge in [-0.05, 0) is 62.6 Å². The largest absolute Gasteiger partial charge is 0.472 e. The maximum absolute atomic E-state index is 12.7. The van der Waals surface area contributed by atoms with E-state index in [1.165, 1.54) is 0 Å². The van der Waals surface area contributed by atoms with Crippen LogP contribution in [0.15, 0.2) is 23.0 Å². The van der Waals surface area contributed by atoms with Gasteiger partial charge in [-0.2, -0.15) is 13.2 Å². The molecule has 0 aliphatic heterocycles. The lowest BCUT2D eigenvalue weighted by atomic mass is 9.77. The Labute approximate surface area is 124 Å². The molecule has 1 saturated carbocycles. The van der Waals surface area contributed by atoms with Gasteiger partial charge in [-0.15, -0.1) is 0 Å².